The van der Waals surface area contributed by atoms with Gasteiger partial charge in [-0.05, 0) is 32.3 Å². The van der Waals surface area contributed by atoms with E-state index in [9.17, 15) is 10.2 Å². The molecule has 0 bridgehead atoms. The minimum atomic E-state index is -0.927. The summed E-state index contributed by atoms with van der Waals surface area (Å²) in [7, 11) is 0. The lowest BCUT2D eigenvalue weighted by Gasteiger charge is -2.28. The summed E-state index contributed by atoms with van der Waals surface area (Å²) < 4.78 is 12.0. The van der Waals surface area contributed by atoms with Crippen molar-refractivity contribution in [3.05, 3.63) is 0 Å². The summed E-state index contributed by atoms with van der Waals surface area (Å²) in [5.41, 5.74) is 0. The largest absolute Gasteiger partial charge is 0.391 e. The normalized spacial score (nSPS) is 29.7. The summed E-state index contributed by atoms with van der Waals surface area (Å²) in [6.07, 6.45) is -2.46. The molecule has 0 saturated carbocycles. The van der Waals surface area contributed by atoms with Gasteiger partial charge in [0.25, 0.3) is 0 Å². The van der Waals surface area contributed by atoms with Crippen LogP contribution >= 0.6 is 23.5 Å². The van der Waals surface area contributed by atoms with E-state index in [1.165, 1.54) is 0 Å². The molecule has 0 radical (unpaired) electrons. The van der Waals surface area contributed by atoms with Crippen molar-refractivity contribution in [1.82, 2.24) is 0 Å². The predicted octanol–water partition coefficient (Wildman–Crippen LogP) is 2.08. The molecule has 0 amide bonds. The molecule has 0 aromatic heterocycles. The first-order chi connectivity index (χ1) is 8.82. The van der Waals surface area contributed by atoms with E-state index in [2.05, 4.69) is 13.8 Å². The predicted molar refractivity (Wildman–Crippen MR) is 81.6 cm³/mol. The molecule has 1 aliphatic rings. The highest BCUT2D eigenvalue weighted by atomic mass is 32.2. The van der Waals surface area contributed by atoms with E-state index >= 15 is 0 Å². The highest BCUT2D eigenvalue weighted by Crippen LogP contribution is 2.40. The number of thioether (sulfide) groups is 2. The Kier molecular flexibility index (Phi) is 6.96. The van der Waals surface area contributed by atoms with Crippen molar-refractivity contribution in [2.24, 2.45) is 0 Å². The summed E-state index contributed by atoms with van der Waals surface area (Å²) in [6, 6.07) is 0. The van der Waals surface area contributed by atoms with Gasteiger partial charge in [0.1, 0.15) is 18.3 Å². The van der Waals surface area contributed by atoms with Gasteiger partial charge in [-0.15, -0.1) is 23.5 Å². The Balaban J connectivity index is 2.86. The highest BCUT2D eigenvalue weighted by molar-refractivity contribution is 8.17. The van der Waals surface area contributed by atoms with E-state index in [-0.39, 0.29) is 10.7 Å². The minimum Gasteiger partial charge on any atom is -0.391 e. The van der Waals surface area contributed by atoms with Crippen LogP contribution in [0.4, 0.5) is 0 Å². The third-order valence-corrected chi connectivity index (χ3v) is 5.60. The topological polar surface area (TPSA) is 58.9 Å². The smallest absolute Gasteiger partial charge is 0.163 e. The summed E-state index contributed by atoms with van der Waals surface area (Å²) in [4.78, 5) is 0. The fourth-order valence-electron chi connectivity index (χ4n) is 2.13. The van der Waals surface area contributed by atoms with Crippen molar-refractivity contribution >= 4 is 23.5 Å². The molecule has 1 heterocycles. The summed E-state index contributed by atoms with van der Waals surface area (Å²) in [5.74, 6) is 1.25. The summed E-state index contributed by atoms with van der Waals surface area (Å²) >= 11 is 3.59. The van der Waals surface area contributed by atoms with Crippen molar-refractivity contribution in [2.45, 2.75) is 69.4 Å². The van der Waals surface area contributed by atoms with Crippen LogP contribution in [0.25, 0.3) is 0 Å². The molecule has 0 aromatic rings. The molecule has 1 saturated heterocycles. The number of aliphatic hydroxyl groups excluding tert-OH is 2. The maximum Gasteiger partial charge on any atom is 0.163 e. The lowest BCUT2D eigenvalue weighted by molar-refractivity contribution is -0.161. The first kappa shape index (κ1) is 17.6. The number of rotatable bonds is 7. The zero-order valence-corrected chi connectivity index (χ0v) is 14.0. The fraction of sp³-hybridized carbons (Fsp3) is 1.00. The molecule has 0 unspecified atom stereocenters. The van der Waals surface area contributed by atoms with Crippen LogP contribution in [0.1, 0.15) is 34.6 Å². The number of hydrogen-bond donors (Lipinski definition) is 2. The minimum absolute atomic E-state index is 0.204. The van der Waals surface area contributed by atoms with Crippen LogP contribution in [0.3, 0.4) is 0 Å². The van der Waals surface area contributed by atoms with Gasteiger partial charge in [0.2, 0.25) is 0 Å². The zero-order chi connectivity index (χ0) is 14.6. The molecule has 2 N–H and O–H groups in total. The average molecular weight is 310 g/mol. The molecule has 6 heteroatoms. The van der Waals surface area contributed by atoms with E-state index < -0.39 is 24.1 Å². The molecule has 1 fully saturated rings. The van der Waals surface area contributed by atoms with Gasteiger partial charge in [-0.1, -0.05) is 13.8 Å². The second-order valence-electron chi connectivity index (χ2n) is 5.08. The van der Waals surface area contributed by atoms with Crippen LogP contribution in [0, 0.1) is 0 Å². The molecule has 0 spiro atoms. The molecular formula is C13H26O4S2. The monoisotopic (exact) mass is 310 g/mol. The van der Waals surface area contributed by atoms with Gasteiger partial charge in [-0.25, -0.2) is 0 Å². The van der Waals surface area contributed by atoms with Crippen molar-refractivity contribution in [1.29, 1.82) is 0 Å². The van der Waals surface area contributed by atoms with Crippen molar-refractivity contribution in [3.8, 4) is 0 Å². The molecule has 1 aliphatic heterocycles. The van der Waals surface area contributed by atoms with E-state index in [0.717, 1.165) is 11.5 Å². The van der Waals surface area contributed by atoms with Gasteiger partial charge in [0.15, 0.2) is 5.79 Å². The quantitative estimate of drug-likeness (QED) is 0.702. The number of hydrogen-bond acceptors (Lipinski definition) is 6. The molecule has 1 rings (SSSR count). The van der Waals surface area contributed by atoms with Crippen LogP contribution in [0.2, 0.25) is 0 Å². The Hall–Kier alpha value is 0.540. The van der Waals surface area contributed by atoms with Crippen LogP contribution in [-0.2, 0) is 9.47 Å². The summed E-state index contributed by atoms with van der Waals surface area (Å²) in [6.45, 7) is 9.48. The maximum atomic E-state index is 10.1. The fourth-order valence-corrected chi connectivity index (χ4v) is 4.79. The average Bonchev–Trinajstić information content (AvgIpc) is 2.64. The van der Waals surface area contributed by atoms with Crippen molar-refractivity contribution in [3.63, 3.8) is 0 Å². The van der Waals surface area contributed by atoms with E-state index in [4.69, 9.17) is 9.47 Å². The first-order valence-corrected chi connectivity index (χ1v) is 8.87. The van der Waals surface area contributed by atoms with Crippen LogP contribution in [0.5, 0.6) is 0 Å². The van der Waals surface area contributed by atoms with E-state index in [1.54, 1.807) is 30.4 Å². The molecule has 114 valence electrons. The lowest BCUT2D eigenvalue weighted by Crippen LogP contribution is -2.45. The highest BCUT2D eigenvalue weighted by Gasteiger charge is 2.49. The lowest BCUT2D eigenvalue weighted by atomic mass is 10.1. The third-order valence-electron chi connectivity index (χ3n) is 2.92. The van der Waals surface area contributed by atoms with Gasteiger partial charge in [-0.3, -0.25) is 0 Å². The molecule has 0 aromatic carbocycles. The van der Waals surface area contributed by atoms with Crippen molar-refractivity contribution in [2.75, 3.05) is 11.5 Å². The number of aliphatic hydroxyl groups is 2. The maximum absolute atomic E-state index is 10.1. The van der Waals surface area contributed by atoms with Gasteiger partial charge < -0.3 is 19.7 Å². The Morgan fingerprint density at radius 3 is 1.95 bits per heavy atom. The van der Waals surface area contributed by atoms with Gasteiger partial charge in [-0.2, -0.15) is 0 Å². The molecular weight excluding hydrogens is 284 g/mol. The van der Waals surface area contributed by atoms with E-state index in [0.29, 0.717) is 0 Å². The Labute approximate surface area is 124 Å². The van der Waals surface area contributed by atoms with Crippen molar-refractivity contribution < 1.29 is 19.7 Å². The standard InChI is InChI=1S/C13H26O4S2/c1-6-18-12(19-7-2)11-10(9(15)8(3)14)16-13(4,5)17-11/h8-12,14-15H,6-7H2,1-5H3/t8-,9-,10+,11+/m0/s1. The second kappa shape index (κ2) is 7.52. The van der Waals surface area contributed by atoms with Crippen LogP contribution < -0.4 is 0 Å². The van der Waals surface area contributed by atoms with Gasteiger partial charge in [0, 0.05) is 0 Å². The Morgan fingerprint density at radius 1 is 1.05 bits per heavy atom. The SMILES string of the molecule is CCSC(SCC)[C@@H]1OC(C)(C)O[C@@H]1[C@@H](O)[C@H](C)O. The molecule has 19 heavy (non-hydrogen) atoms. The third kappa shape index (κ3) is 4.79. The van der Waals surface area contributed by atoms with Gasteiger partial charge in [0.05, 0.1) is 10.7 Å². The molecule has 0 aliphatic carbocycles. The summed E-state index contributed by atoms with van der Waals surface area (Å²) in [5, 5.41) is 19.8. The molecule has 4 atom stereocenters. The Bertz CT molecular complexity index is 267. The Morgan fingerprint density at radius 2 is 1.53 bits per heavy atom. The first-order valence-electron chi connectivity index (χ1n) is 6.77. The number of ether oxygens (including phenoxy) is 2. The van der Waals surface area contributed by atoms with E-state index in [1.807, 2.05) is 13.8 Å². The zero-order valence-electron chi connectivity index (χ0n) is 12.3. The van der Waals surface area contributed by atoms with Gasteiger partial charge >= 0.3 is 0 Å². The van der Waals surface area contributed by atoms with Crippen LogP contribution in [-0.4, -0.2) is 56.5 Å². The molecule has 4 nitrogen and oxygen atoms in total. The second-order valence-corrected chi connectivity index (χ2v) is 8.21. The van der Waals surface area contributed by atoms with Crippen LogP contribution in [0.15, 0.2) is 0 Å².